The third-order valence-electron chi connectivity index (χ3n) is 2.71. The maximum atomic E-state index is 11.1. The van der Waals surface area contributed by atoms with E-state index in [2.05, 4.69) is 0 Å². The average molecular weight is 306 g/mol. The number of hydrogen-bond acceptors (Lipinski definition) is 6. The molecule has 0 spiro atoms. The molecular weight excluding hydrogens is 300 g/mol. The van der Waals surface area contributed by atoms with Gasteiger partial charge in [0.1, 0.15) is 4.90 Å². The smallest absolute Gasteiger partial charge is 0.258 e. The Balaban J connectivity index is 2.19. The van der Waals surface area contributed by atoms with E-state index in [4.69, 9.17) is 0 Å². The van der Waals surface area contributed by atoms with E-state index in [1.807, 2.05) is 24.3 Å². The molecule has 0 radical (unpaired) electrons. The van der Waals surface area contributed by atoms with E-state index in [1.54, 1.807) is 0 Å². The molecule has 0 aromatic heterocycles. The molecule has 0 saturated heterocycles. The van der Waals surface area contributed by atoms with Crippen LogP contribution >= 0.6 is 23.5 Å². The third-order valence-corrected chi connectivity index (χ3v) is 5.29. The molecule has 1 heterocycles. The Bertz CT molecular complexity index is 748. The Morgan fingerprint density at radius 2 is 1.50 bits per heavy atom. The first kappa shape index (κ1) is 12.9. The summed E-state index contributed by atoms with van der Waals surface area (Å²) in [4.78, 5) is 23.7. The predicted octanol–water partition coefficient (Wildman–Crippen LogP) is 4.12. The molecule has 0 aliphatic carbocycles. The minimum Gasteiger partial charge on any atom is -0.258 e. The summed E-state index contributed by atoms with van der Waals surface area (Å²) in [5.74, 6) is 0. The second-order valence-corrected chi connectivity index (χ2v) is 6.09. The standard InChI is InChI=1S/C12H6N2O4S2/c15-13(16)7-5-8(14(17)18)12-11(6-7)19-9-3-1-2-4-10(9)20-12/h1-6H. The molecule has 6 nitrogen and oxygen atoms in total. The normalized spacial score (nSPS) is 12.4. The summed E-state index contributed by atoms with van der Waals surface area (Å²) < 4.78 is 0. The lowest BCUT2D eigenvalue weighted by atomic mass is 10.3. The van der Waals surface area contributed by atoms with Crippen LogP contribution in [-0.2, 0) is 0 Å². The molecule has 0 amide bonds. The van der Waals surface area contributed by atoms with Crippen molar-refractivity contribution in [3.63, 3.8) is 0 Å². The highest BCUT2D eigenvalue weighted by atomic mass is 32.2. The summed E-state index contributed by atoms with van der Waals surface area (Å²) in [5, 5.41) is 22.0. The second kappa shape index (κ2) is 4.80. The van der Waals surface area contributed by atoms with Gasteiger partial charge in [0, 0.05) is 20.8 Å². The van der Waals surface area contributed by atoms with Gasteiger partial charge in [0.05, 0.1) is 15.9 Å². The first-order chi connectivity index (χ1) is 9.56. The third kappa shape index (κ3) is 2.12. The summed E-state index contributed by atoms with van der Waals surface area (Å²) in [6, 6.07) is 9.88. The fraction of sp³-hybridized carbons (Fsp3) is 0. The van der Waals surface area contributed by atoms with Crippen LogP contribution < -0.4 is 0 Å². The molecule has 3 rings (SSSR count). The summed E-state index contributed by atoms with van der Waals surface area (Å²) in [6.07, 6.45) is 0. The molecule has 2 aromatic rings. The van der Waals surface area contributed by atoms with Gasteiger partial charge in [0.2, 0.25) is 0 Å². The molecule has 2 aromatic carbocycles. The molecule has 0 unspecified atom stereocenters. The van der Waals surface area contributed by atoms with Crippen LogP contribution in [0, 0.1) is 20.2 Å². The zero-order valence-corrected chi connectivity index (χ0v) is 11.4. The molecule has 100 valence electrons. The van der Waals surface area contributed by atoms with Crippen LogP contribution in [-0.4, -0.2) is 9.85 Å². The molecule has 0 fully saturated rings. The minimum absolute atomic E-state index is 0.221. The highest BCUT2D eigenvalue weighted by Crippen LogP contribution is 2.52. The Kier molecular flexibility index (Phi) is 3.11. The van der Waals surface area contributed by atoms with E-state index in [0.29, 0.717) is 9.79 Å². The van der Waals surface area contributed by atoms with Crippen LogP contribution in [0.3, 0.4) is 0 Å². The van der Waals surface area contributed by atoms with Gasteiger partial charge in [-0.05, 0) is 12.1 Å². The van der Waals surface area contributed by atoms with E-state index in [1.165, 1.54) is 29.6 Å². The number of nitrogens with zero attached hydrogens (tertiary/aromatic N) is 2. The zero-order valence-electron chi connectivity index (χ0n) is 9.81. The number of hydrogen-bond donors (Lipinski definition) is 0. The molecule has 0 bridgehead atoms. The molecular formula is C12H6N2O4S2. The van der Waals surface area contributed by atoms with Crippen molar-refractivity contribution in [3.8, 4) is 0 Å². The summed E-state index contributed by atoms with van der Waals surface area (Å²) in [6.45, 7) is 0. The highest BCUT2D eigenvalue weighted by Gasteiger charge is 2.29. The van der Waals surface area contributed by atoms with Gasteiger partial charge in [-0.2, -0.15) is 0 Å². The van der Waals surface area contributed by atoms with Crippen LogP contribution in [0.4, 0.5) is 11.4 Å². The van der Waals surface area contributed by atoms with Crippen molar-refractivity contribution in [1.29, 1.82) is 0 Å². The molecule has 8 heteroatoms. The first-order valence-electron chi connectivity index (χ1n) is 5.48. The maximum Gasteiger partial charge on any atom is 0.291 e. The lowest BCUT2D eigenvalue weighted by Crippen LogP contribution is -1.99. The fourth-order valence-corrected chi connectivity index (χ4v) is 4.20. The fourth-order valence-electron chi connectivity index (χ4n) is 1.84. The molecule has 0 N–H and O–H groups in total. The minimum atomic E-state index is -0.612. The van der Waals surface area contributed by atoms with Crippen molar-refractivity contribution in [2.75, 3.05) is 0 Å². The summed E-state index contributed by atoms with van der Waals surface area (Å²) in [5.41, 5.74) is -0.482. The van der Waals surface area contributed by atoms with Gasteiger partial charge in [-0.1, -0.05) is 35.7 Å². The van der Waals surface area contributed by atoms with Crippen LogP contribution in [0.5, 0.6) is 0 Å². The lowest BCUT2D eigenvalue weighted by molar-refractivity contribution is -0.396. The molecule has 1 aliphatic heterocycles. The number of rotatable bonds is 2. The van der Waals surface area contributed by atoms with Gasteiger partial charge in [0.15, 0.2) is 0 Å². The molecule has 20 heavy (non-hydrogen) atoms. The van der Waals surface area contributed by atoms with Gasteiger partial charge >= 0.3 is 0 Å². The monoisotopic (exact) mass is 306 g/mol. The van der Waals surface area contributed by atoms with Crippen molar-refractivity contribution in [2.45, 2.75) is 19.6 Å². The predicted molar refractivity (Wildman–Crippen MR) is 74.4 cm³/mol. The van der Waals surface area contributed by atoms with E-state index in [-0.39, 0.29) is 11.4 Å². The highest BCUT2D eigenvalue weighted by molar-refractivity contribution is 8.05. The van der Waals surface area contributed by atoms with Crippen LogP contribution in [0.2, 0.25) is 0 Å². The average Bonchev–Trinajstić information content (AvgIpc) is 2.43. The van der Waals surface area contributed by atoms with Gasteiger partial charge < -0.3 is 0 Å². The van der Waals surface area contributed by atoms with E-state index in [9.17, 15) is 20.2 Å². The number of nitro benzene ring substituents is 2. The van der Waals surface area contributed by atoms with Gasteiger partial charge in [0.25, 0.3) is 11.4 Å². The number of benzene rings is 2. The largest absolute Gasteiger partial charge is 0.291 e. The molecule has 1 aliphatic rings. The van der Waals surface area contributed by atoms with Crippen LogP contribution in [0.15, 0.2) is 56.0 Å². The Hall–Kier alpha value is -2.06. The number of fused-ring (bicyclic) bond motifs is 2. The maximum absolute atomic E-state index is 11.1. The van der Waals surface area contributed by atoms with Gasteiger partial charge in [-0.25, -0.2) is 0 Å². The van der Waals surface area contributed by atoms with Crippen molar-refractivity contribution in [2.24, 2.45) is 0 Å². The zero-order chi connectivity index (χ0) is 14.3. The van der Waals surface area contributed by atoms with E-state index in [0.717, 1.165) is 15.9 Å². The molecule has 0 atom stereocenters. The van der Waals surface area contributed by atoms with Gasteiger partial charge in [-0.3, -0.25) is 20.2 Å². The Morgan fingerprint density at radius 1 is 0.850 bits per heavy atom. The Morgan fingerprint density at radius 3 is 2.10 bits per heavy atom. The van der Waals surface area contributed by atoms with Crippen LogP contribution in [0.25, 0.3) is 0 Å². The first-order valence-corrected chi connectivity index (χ1v) is 7.11. The number of nitro groups is 2. The quantitative estimate of drug-likeness (QED) is 0.523. The summed E-state index contributed by atoms with van der Waals surface area (Å²) in [7, 11) is 0. The SMILES string of the molecule is O=[N+]([O-])c1cc2c(c([N+](=O)[O-])c1)Sc1ccccc1S2. The van der Waals surface area contributed by atoms with Crippen LogP contribution in [0.1, 0.15) is 0 Å². The lowest BCUT2D eigenvalue weighted by Gasteiger charge is -2.17. The van der Waals surface area contributed by atoms with Crippen molar-refractivity contribution >= 4 is 34.9 Å². The Labute approximate surface area is 121 Å². The van der Waals surface area contributed by atoms with Gasteiger partial charge in [-0.15, -0.1) is 0 Å². The summed E-state index contributed by atoms with van der Waals surface area (Å²) >= 11 is 2.59. The topological polar surface area (TPSA) is 86.3 Å². The van der Waals surface area contributed by atoms with Crippen molar-refractivity contribution < 1.29 is 9.85 Å². The molecule has 0 saturated carbocycles. The van der Waals surface area contributed by atoms with Crippen molar-refractivity contribution in [1.82, 2.24) is 0 Å². The number of non-ortho nitro benzene ring substituents is 1. The van der Waals surface area contributed by atoms with E-state index < -0.39 is 9.85 Å². The van der Waals surface area contributed by atoms with E-state index >= 15 is 0 Å². The van der Waals surface area contributed by atoms with Crippen molar-refractivity contribution in [3.05, 3.63) is 56.6 Å². The second-order valence-electron chi connectivity index (χ2n) is 3.96.